The van der Waals surface area contributed by atoms with Gasteiger partial charge < -0.3 is 14.8 Å². The quantitative estimate of drug-likeness (QED) is 0.842. The fourth-order valence-electron chi connectivity index (χ4n) is 3.42. The van der Waals surface area contributed by atoms with Crippen molar-refractivity contribution in [3.63, 3.8) is 0 Å². The van der Waals surface area contributed by atoms with Gasteiger partial charge in [0.15, 0.2) is 0 Å². The van der Waals surface area contributed by atoms with Crippen molar-refractivity contribution in [2.45, 2.75) is 44.6 Å². The Morgan fingerprint density at radius 1 is 1.38 bits per heavy atom. The Morgan fingerprint density at radius 2 is 2.19 bits per heavy atom. The maximum absolute atomic E-state index is 12.5. The third-order valence-corrected chi connectivity index (χ3v) is 4.55. The van der Waals surface area contributed by atoms with Crippen LogP contribution < -0.4 is 10.1 Å². The molecule has 0 amide bonds. The molecule has 0 spiro atoms. The molecule has 2 rings (SSSR count). The minimum absolute atomic E-state index is 0.156. The first-order valence-electron chi connectivity index (χ1n) is 7.67. The molecule has 1 aromatic carbocycles. The van der Waals surface area contributed by atoms with Crippen LogP contribution in [0.25, 0.3) is 0 Å². The highest BCUT2D eigenvalue weighted by Gasteiger charge is 2.47. The van der Waals surface area contributed by atoms with Crippen LogP contribution in [-0.4, -0.2) is 25.7 Å². The molecule has 0 heterocycles. The van der Waals surface area contributed by atoms with E-state index >= 15 is 0 Å². The SMILES string of the molecule is CCC1CCCCC1(Nc1cccc(OC)c1)C(=O)OC. The van der Waals surface area contributed by atoms with Gasteiger partial charge in [-0.15, -0.1) is 0 Å². The Kier molecular flexibility index (Phi) is 5.10. The molecule has 0 radical (unpaired) electrons. The van der Waals surface area contributed by atoms with Crippen molar-refractivity contribution in [2.75, 3.05) is 19.5 Å². The zero-order valence-electron chi connectivity index (χ0n) is 13.1. The maximum atomic E-state index is 12.5. The van der Waals surface area contributed by atoms with Crippen LogP contribution in [0.15, 0.2) is 24.3 Å². The molecule has 0 bridgehead atoms. The van der Waals surface area contributed by atoms with Crippen LogP contribution in [0.4, 0.5) is 5.69 Å². The molecule has 116 valence electrons. The topological polar surface area (TPSA) is 47.6 Å². The first-order chi connectivity index (χ1) is 10.2. The predicted molar refractivity (Wildman–Crippen MR) is 83.6 cm³/mol. The summed E-state index contributed by atoms with van der Waals surface area (Å²) < 4.78 is 10.4. The number of benzene rings is 1. The predicted octanol–water partition coefficient (Wildman–Crippen LogP) is 3.62. The summed E-state index contributed by atoms with van der Waals surface area (Å²) in [5.41, 5.74) is 0.286. The van der Waals surface area contributed by atoms with Gasteiger partial charge in [-0.3, -0.25) is 0 Å². The number of carbonyl (C=O) groups is 1. The molecule has 2 unspecified atom stereocenters. The second-order valence-electron chi connectivity index (χ2n) is 5.67. The highest BCUT2D eigenvalue weighted by atomic mass is 16.5. The summed E-state index contributed by atoms with van der Waals surface area (Å²) in [6, 6.07) is 7.71. The molecule has 1 fully saturated rings. The zero-order chi connectivity index (χ0) is 15.3. The number of carbonyl (C=O) groups excluding carboxylic acids is 1. The number of rotatable bonds is 5. The lowest BCUT2D eigenvalue weighted by Crippen LogP contribution is -2.54. The van der Waals surface area contributed by atoms with Crippen LogP contribution in [0.1, 0.15) is 39.0 Å². The van der Waals surface area contributed by atoms with E-state index in [1.807, 2.05) is 24.3 Å². The van der Waals surface area contributed by atoms with Gasteiger partial charge in [0.25, 0.3) is 0 Å². The second kappa shape index (κ2) is 6.83. The van der Waals surface area contributed by atoms with Gasteiger partial charge in [-0.05, 0) is 30.9 Å². The van der Waals surface area contributed by atoms with E-state index in [-0.39, 0.29) is 5.97 Å². The summed E-state index contributed by atoms with van der Waals surface area (Å²) in [5.74, 6) is 0.922. The minimum Gasteiger partial charge on any atom is -0.497 e. The molecule has 1 aliphatic carbocycles. The maximum Gasteiger partial charge on any atom is 0.331 e. The van der Waals surface area contributed by atoms with E-state index in [1.54, 1.807) is 7.11 Å². The molecular formula is C17H25NO3. The fourth-order valence-corrected chi connectivity index (χ4v) is 3.42. The van der Waals surface area contributed by atoms with Crippen molar-refractivity contribution in [3.05, 3.63) is 24.3 Å². The van der Waals surface area contributed by atoms with E-state index in [0.29, 0.717) is 5.92 Å². The van der Waals surface area contributed by atoms with Crippen LogP contribution in [0.2, 0.25) is 0 Å². The van der Waals surface area contributed by atoms with Gasteiger partial charge in [0, 0.05) is 11.8 Å². The summed E-state index contributed by atoms with van der Waals surface area (Å²) in [4.78, 5) is 12.5. The van der Waals surface area contributed by atoms with Crippen molar-refractivity contribution < 1.29 is 14.3 Å². The van der Waals surface area contributed by atoms with Crippen LogP contribution in [-0.2, 0) is 9.53 Å². The van der Waals surface area contributed by atoms with Gasteiger partial charge in [-0.1, -0.05) is 32.3 Å². The highest BCUT2D eigenvalue weighted by molar-refractivity contribution is 5.85. The monoisotopic (exact) mass is 291 g/mol. The van der Waals surface area contributed by atoms with E-state index in [9.17, 15) is 4.79 Å². The lowest BCUT2D eigenvalue weighted by Gasteiger charge is -2.42. The Hall–Kier alpha value is -1.71. The second-order valence-corrected chi connectivity index (χ2v) is 5.67. The van der Waals surface area contributed by atoms with Gasteiger partial charge in [-0.2, -0.15) is 0 Å². The number of esters is 1. The van der Waals surface area contributed by atoms with Gasteiger partial charge in [0.2, 0.25) is 0 Å². The highest BCUT2D eigenvalue weighted by Crippen LogP contribution is 2.39. The molecule has 21 heavy (non-hydrogen) atoms. The molecule has 0 saturated heterocycles. The Labute approximate surface area is 126 Å². The van der Waals surface area contributed by atoms with Crippen LogP contribution in [0, 0.1) is 5.92 Å². The first kappa shape index (κ1) is 15.7. The number of hydrogen-bond acceptors (Lipinski definition) is 4. The van der Waals surface area contributed by atoms with Crippen molar-refractivity contribution in [1.29, 1.82) is 0 Å². The minimum atomic E-state index is -0.617. The molecule has 1 saturated carbocycles. The number of ether oxygens (including phenoxy) is 2. The first-order valence-corrected chi connectivity index (χ1v) is 7.67. The average molecular weight is 291 g/mol. The largest absolute Gasteiger partial charge is 0.497 e. The van der Waals surface area contributed by atoms with Crippen molar-refractivity contribution in [3.8, 4) is 5.75 Å². The molecule has 2 atom stereocenters. The molecular weight excluding hydrogens is 266 g/mol. The standard InChI is InChI=1S/C17H25NO3/c1-4-13-8-5-6-11-17(13,16(19)21-3)18-14-9-7-10-15(12-14)20-2/h7,9-10,12-13,18H,4-6,8,11H2,1-3H3. The van der Waals surface area contributed by atoms with E-state index in [4.69, 9.17) is 9.47 Å². The van der Waals surface area contributed by atoms with E-state index in [1.165, 1.54) is 13.5 Å². The summed E-state index contributed by atoms with van der Waals surface area (Å²) in [6.45, 7) is 2.14. The molecule has 4 heteroatoms. The number of anilines is 1. The van der Waals surface area contributed by atoms with E-state index in [2.05, 4.69) is 12.2 Å². The molecule has 0 aromatic heterocycles. The van der Waals surface area contributed by atoms with E-state index in [0.717, 1.165) is 37.1 Å². The molecule has 0 aliphatic heterocycles. The van der Waals surface area contributed by atoms with Crippen molar-refractivity contribution in [1.82, 2.24) is 0 Å². The number of hydrogen-bond donors (Lipinski definition) is 1. The smallest absolute Gasteiger partial charge is 0.331 e. The normalized spacial score (nSPS) is 25.2. The lowest BCUT2D eigenvalue weighted by atomic mass is 9.71. The van der Waals surface area contributed by atoms with Crippen LogP contribution >= 0.6 is 0 Å². The summed E-state index contributed by atoms with van der Waals surface area (Å²) in [6.07, 6.45) is 5.06. The third kappa shape index (κ3) is 3.14. The molecule has 1 aliphatic rings. The van der Waals surface area contributed by atoms with Crippen molar-refractivity contribution >= 4 is 11.7 Å². The van der Waals surface area contributed by atoms with Gasteiger partial charge in [0.1, 0.15) is 11.3 Å². The van der Waals surface area contributed by atoms with Gasteiger partial charge >= 0.3 is 5.97 Å². The summed E-state index contributed by atoms with van der Waals surface area (Å²) in [5, 5.41) is 3.47. The average Bonchev–Trinajstić information content (AvgIpc) is 2.54. The number of methoxy groups -OCH3 is 2. The lowest BCUT2D eigenvalue weighted by molar-refractivity contribution is -0.149. The van der Waals surface area contributed by atoms with E-state index < -0.39 is 5.54 Å². The van der Waals surface area contributed by atoms with Gasteiger partial charge in [0.05, 0.1) is 14.2 Å². The molecule has 1 aromatic rings. The zero-order valence-corrected chi connectivity index (χ0v) is 13.1. The Balaban J connectivity index is 2.33. The molecule has 1 N–H and O–H groups in total. The van der Waals surface area contributed by atoms with Gasteiger partial charge in [-0.25, -0.2) is 4.79 Å². The summed E-state index contributed by atoms with van der Waals surface area (Å²) >= 11 is 0. The Morgan fingerprint density at radius 3 is 2.86 bits per heavy atom. The number of nitrogens with one attached hydrogen (secondary N) is 1. The molecule has 4 nitrogen and oxygen atoms in total. The fraction of sp³-hybridized carbons (Fsp3) is 0.588. The van der Waals surface area contributed by atoms with Crippen LogP contribution in [0.3, 0.4) is 0 Å². The van der Waals surface area contributed by atoms with Crippen molar-refractivity contribution in [2.24, 2.45) is 5.92 Å². The van der Waals surface area contributed by atoms with Crippen LogP contribution in [0.5, 0.6) is 5.75 Å². The Bertz CT molecular complexity index is 489. The summed E-state index contributed by atoms with van der Waals surface area (Å²) in [7, 11) is 3.11. The third-order valence-electron chi connectivity index (χ3n) is 4.55.